The van der Waals surface area contributed by atoms with Crippen LogP contribution in [0.3, 0.4) is 0 Å². The van der Waals surface area contributed by atoms with Crippen molar-refractivity contribution in [2.75, 3.05) is 0 Å². The van der Waals surface area contributed by atoms with Gasteiger partial charge >= 0.3 is 6.18 Å². The molecule has 0 aliphatic carbocycles. The van der Waals surface area contributed by atoms with Crippen LogP contribution in [0.15, 0.2) is 23.6 Å². The highest BCUT2D eigenvalue weighted by Crippen LogP contribution is 2.39. The highest BCUT2D eigenvalue weighted by molar-refractivity contribution is 7.13. The van der Waals surface area contributed by atoms with Gasteiger partial charge in [0.2, 0.25) is 0 Å². The number of halogens is 4. The van der Waals surface area contributed by atoms with Crippen molar-refractivity contribution in [1.29, 1.82) is 0 Å². The van der Waals surface area contributed by atoms with Gasteiger partial charge in [-0.25, -0.2) is 9.37 Å². The number of rotatable bonds is 1. The monoisotopic (exact) mass is 303 g/mol. The highest BCUT2D eigenvalue weighted by Gasteiger charge is 2.35. The van der Waals surface area contributed by atoms with Crippen molar-refractivity contribution in [2.45, 2.75) is 32.4 Å². The van der Waals surface area contributed by atoms with E-state index < -0.39 is 17.6 Å². The minimum atomic E-state index is -4.61. The van der Waals surface area contributed by atoms with E-state index in [0.29, 0.717) is 6.07 Å². The van der Waals surface area contributed by atoms with E-state index in [1.54, 1.807) is 5.38 Å². The Bertz CT molecular complexity index is 623. The lowest BCUT2D eigenvalue weighted by molar-refractivity contribution is -0.137. The molecule has 0 aliphatic heterocycles. The van der Waals surface area contributed by atoms with E-state index in [4.69, 9.17) is 0 Å². The van der Waals surface area contributed by atoms with Crippen LogP contribution in [-0.2, 0) is 11.6 Å². The summed E-state index contributed by atoms with van der Waals surface area (Å²) in [6.45, 7) is 5.80. The average Bonchev–Trinajstić information content (AvgIpc) is 2.76. The smallest absolute Gasteiger partial charge is 0.241 e. The second-order valence-corrected chi connectivity index (χ2v) is 6.33. The Balaban J connectivity index is 2.56. The molecule has 0 saturated heterocycles. The van der Waals surface area contributed by atoms with Crippen molar-refractivity contribution in [3.05, 3.63) is 40.7 Å². The van der Waals surface area contributed by atoms with Crippen molar-refractivity contribution >= 4 is 11.3 Å². The molecule has 20 heavy (non-hydrogen) atoms. The van der Waals surface area contributed by atoms with Crippen molar-refractivity contribution in [3.8, 4) is 10.6 Å². The maximum Gasteiger partial charge on any atom is 0.417 e. The van der Waals surface area contributed by atoms with Crippen molar-refractivity contribution in [2.24, 2.45) is 0 Å². The van der Waals surface area contributed by atoms with Gasteiger partial charge in [-0.05, 0) is 18.2 Å². The summed E-state index contributed by atoms with van der Waals surface area (Å²) in [5, 5.41) is 1.99. The molecule has 0 amide bonds. The Morgan fingerprint density at radius 2 is 1.75 bits per heavy atom. The molecule has 0 fully saturated rings. The van der Waals surface area contributed by atoms with Gasteiger partial charge in [-0.2, -0.15) is 13.2 Å². The molecule has 1 nitrogen and oxygen atoms in total. The molecule has 1 aromatic carbocycles. The summed E-state index contributed by atoms with van der Waals surface area (Å²) in [6.07, 6.45) is -4.61. The van der Waals surface area contributed by atoms with Crippen LogP contribution in [-0.4, -0.2) is 4.98 Å². The summed E-state index contributed by atoms with van der Waals surface area (Å²) in [4.78, 5) is 4.25. The first-order valence-corrected chi connectivity index (χ1v) is 6.80. The fourth-order valence-corrected chi connectivity index (χ4v) is 2.76. The molecule has 2 aromatic rings. The van der Waals surface area contributed by atoms with Gasteiger partial charge in [-0.15, -0.1) is 11.3 Å². The SMILES string of the molecule is CC(C)(C)c1csc(-c2ccc(F)cc2C(F)(F)F)n1. The zero-order valence-electron chi connectivity index (χ0n) is 11.2. The first-order chi connectivity index (χ1) is 9.09. The lowest BCUT2D eigenvalue weighted by Crippen LogP contribution is -2.11. The number of thiazole rings is 1. The second kappa shape index (κ2) is 4.84. The molecule has 0 saturated carbocycles. The predicted molar refractivity (Wildman–Crippen MR) is 71.2 cm³/mol. The zero-order valence-corrected chi connectivity index (χ0v) is 12.0. The topological polar surface area (TPSA) is 12.9 Å². The third-order valence-electron chi connectivity index (χ3n) is 2.79. The Hall–Kier alpha value is -1.43. The van der Waals surface area contributed by atoms with Gasteiger partial charge in [0.1, 0.15) is 10.8 Å². The van der Waals surface area contributed by atoms with Gasteiger partial charge in [-0.3, -0.25) is 0 Å². The molecule has 0 atom stereocenters. The predicted octanol–water partition coefficient (Wildman–Crippen LogP) is 5.27. The molecule has 0 spiro atoms. The van der Waals surface area contributed by atoms with Crippen LogP contribution in [0, 0.1) is 5.82 Å². The summed E-state index contributed by atoms with van der Waals surface area (Å²) in [5.74, 6) is -0.909. The number of hydrogen-bond acceptors (Lipinski definition) is 2. The summed E-state index contributed by atoms with van der Waals surface area (Å²) in [7, 11) is 0. The fourth-order valence-electron chi connectivity index (χ4n) is 1.68. The quantitative estimate of drug-likeness (QED) is 0.654. The minimum Gasteiger partial charge on any atom is -0.241 e. The van der Waals surface area contributed by atoms with E-state index in [0.717, 1.165) is 29.2 Å². The van der Waals surface area contributed by atoms with Gasteiger partial charge in [-0.1, -0.05) is 20.8 Å². The van der Waals surface area contributed by atoms with Crippen LogP contribution in [0.4, 0.5) is 17.6 Å². The van der Waals surface area contributed by atoms with E-state index in [-0.39, 0.29) is 16.0 Å². The zero-order chi connectivity index (χ0) is 15.1. The van der Waals surface area contributed by atoms with Crippen molar-refractivity contribution in [3.63, 3.8) is 0 Å². The maximum atomic E-state index is 13.1. The maximum absolute atomic E-state index is 13.1. The summed E-state index contributed by atoms with van der Waals surface area (Å²) in [5.41, 5.74) is -0.602. The molecule has 6 heteroatoms. The second-order valence-electron chi connectivity index (χ2n) is 5.48. The Morgan fingerprint density at radius 3 is 2.25 bits per heavy atom. The molecule has 0 N–H and O–H groups in total. The van der Waals surface area contributed by atoms with Crippen LogP contribution >= 0.6 is 11.3 Å². The number of benzene rings is 1. The number of alkyl halides is 3. The van der Waals surface area contributed by atoms with E-state index >= 15 is 0 Å². The van der Waals surface area contributed by atoms with Crippen LogP contribution in [0.2, 0.25) is 0 Å². The first kappa shape index (κ1) is 15.0. The van der Waals surface area contributed by atoms with E-state index in [9.17, 15) is 17.6 Å². The lowest BCUT2D eigenvalue weighted by Gasteiger charge is -2.14. The van der Waals surface area contributed by atoms with E-state index in [1.807, 2.05) is 20.8 Å². The van der Waals surface area contributed by atoms with Crippen LogP contribution in [0.25, 0.3) is 10.6 Å². The summed E-state index contributed by atoms with van der Waals surface area (Å²) in [6, 6.07) is 2.65. The molecular formula is C14H13F4NS. The Labute approximate surface area is 118 Å². The molecule has 108 valence electrons. The van der Waals surface area contributed by atoms with Gasteiger partial charge in [0.15, 0.2) is 0 Å². The average molecular weight is 303 g/mol. The van der Waals surface area contributed by atoms with Crippen LogP contribution in [0.1, 0.15) is 32.0 Å². The van der Waals surface area contributed by atoms with Crippen molar-refractivity contribution < 1.29 is 17.6 Å². The Morgan fingerprint density at radius 1 is 1.10 bits per heavy atom. The first-order valence-electron chi connectivity index (χ1n) is 5.92. The fraction of sp³-hybridized carbons (Fsp3) is 0.357. The number of aromatic nitrogens is 1. The normalized spacial score (nSPS) is 12.8. The molecule has 1 aromatic heterocycles. The molecule has 0 aliphatic rings. The third kappa shape index (κ3) is 3.00. The molecule has 2 rings (SSSR count). The third-order valence-corrected chi connectivity index (χ3v) is 3.67. The standard InChI is InChI=1S/C14H13F4NS/c1-13(2,3)11-7-20-12(19-11)9-5-4-8(15)6-10(9)14(16,17)18/h4-7H,1-3H3. The molecule has 0 radical (unpaired) electrons. The molecule has 1 heterocycles. The van der Waals surface area contributed by atoms with Gasteiger partial charge in [0, 0.05) is 16.4 Å². The molecule has 0 bridgehead atoms. The summed E-state index contributed by atoms with van der Waals surface area (Å²) < 4.78 is 52.0. The van der Waals surface area contributed by atoms with Gasteiger partial charge in [0.25, 0.3) is 0 Å². The highest BCUT2D eigenvalue weighted by atomic mass is 32.1. The van der Waals surface area contributed by atoms with Crippen LogP contribution < -0.4 is 0 Å². The number of nitrogens with zero attached hydrogens (tertiary/aromatic N) is 1. The Kier molecular flexibility index (Phi) is 3.62. The van der Waals surface area contributed by atoms with E-state index in [1.165, 1.54) is 0 Å². The largest absolute Gasteiger partial charge is 0.417 e. The molecule has 0 unspecified atom stereocenters. The summed E-state index contributed by atoms with van der Waals surface area (Å²) >= 11 is 1.13. The lowest BCUT2D eigenvalue weighted by atomic mass is 9.93. The molecular weight excluding hydrogens is 290 g/mol. The number of hydrogen-bond donors (Lipinski definition) is 0. The van der Waals surface area contributed by atoms with Gasteiger partial charge < -0.3 is 0 Å². The van der Waals surface area contributed by atoms with E-state index in [2.05, 4.69) is 4.98 Å². The minimum absolute atomic E-state index is 0.0839. The van der Waals surface area contributed by atoms with Crippen LogP contribution in [0.5, 0.6) is 0 Å². The van der Waals surface area contributed by atoms with Gasteiger partial charge in [0.05, 0.1) is 11.3 Å². The van der Waals surface area contributed by atoms with Crippen molar-refractivity contribution in [1.82, 2.24) is 4.98 Å².